The second kappa shape index (κ2) is 6.51. The van der Waals surface area contributed by atoms with Gasteiger partial charge in [-0.25, -0.2) is 0 Å². The van der Waals surface area contributed by atoms with E-state index in [2.05, 4.69) is 33.9 Å². The number of hydrogen-bond donors (Lipinski definition) is 0. The molecule has 0 amide bonds. The highest BCUT2D eigenvalue weighted by Gasteiger charge is 2.39. The first kappa shape index (κ1) is 17.6. The molecular weight excluding hydrogens is 284 g/mol. The average molecular weight is 310 g/mol. The van der Waals surface area contributed by atoms with Gasteiger partial charge in [0.2, 0.25) is 8.32 Å². The Morgan fingerprint density at radius 2 is 1.81 bits per heavy atom. The Bertz CT molecular complexity index is 503. The molecule has 1 aromatic carbocycles. The molecule has 0 spiro atoms. The maximum atomic E-state index is 11.6. The molecule has 4 nitrogen and oxygen atoms in total. The van der Waals surface area contributed by atoms with Crippen LogP contribution in [0, 0.1) is 0 Å². The number of rotatable bonds is 5. The van der Waals surface area contributed by atoms with Crippen molar-refractivity contribution in [3.05, 3.63) is 23.8 Å². The zero-order chi connectivity index (χ0) is 16.3. The van der Waals surface area contributed by atoms with Crippen LogP contribution in [0.15, 0.2) is 18.2 Å². The lowest BCUT2D eigenvalue weighted by molar-refractivity contribution is -0.139. The fourth-order valence-electron chi connectivity index (χ4n) is 1.58. The van der Waals surface area contributed by atoms with E-state index in [-0.39, 0.29) is 17.4 Å². The summed E-state index contributed by atoms with van der Waals surface area (Å²) >= 11 is 0. The highest BCUT2D eigenvalue weighted by atomic mass is 28.4. The molecule has 0 saturated carbocycles. The van der Waals surface area contributed by atoms with Crippen LogP contribution < -0.4 is 9.16 Å². The van der Waals surface area contributed by atoms with Crippen molar-refractivity contribution in [2.75, 3.05) is 14.2 Å². The summed E-state index contributed by atoms with van der Waals surface area (Å²) in [5, 5.41) is 0.0927. The Labute approximate surface area is 128 Å². The first-order chi connectivity index (χ1) is 9.60. The Balaban J connectivity index is 3.14. The lowest BCUT2D eigenvalue weighted by Crippen LogP contribution is -2.44. The van der Waals surface area contributed by atoms with Crippen molar-refractivity contribution in [3.63, 3.8) is 0 Å². The molecule has 0 N–H and O–H groups in total. The summed E-state index contributed by atoms with van der Waals surface area (Å²) in [5.74, 6) is 1.16. The number of ether oxygens (including phenoxy) is 2. The van der Waals surface area contributed by atoms with Gasteiger partial charge in [0.15, 0.2) is 0 Å². The molecule has 0 aliphatic heterocycles. The molecule has 0 radical (unpaired) electrons. The monoisotopic (exact) mass is 310 g/mol. The Morgan fingerprint density at radius 1 is 1.19 bits per heavy atom. The van der Waals surface area contributed by atoms with E-state index in [0.717, 1.165) is 11.3 Å². The van der Waals surface area contributed by atoms with Crippen LogP contribution in [0.2, 0.25) is 18.1 Å². The van der Waals surface area contributed by atoms with Crippen LogP contribution in [-0.4, -0.2) is 28.5 Å². The van der Waals surface area contributed by atoms with Crippen molar-refractivity contribution in [1.82, 2.24) is 0 Å². The van der Waals surface area contributed by atoms with Crippen molar-refractivity contribution in [3.8, 4) is 11.5 Å². The van der Waals surface area contributed by atoms with Gasteiger partial charge in [-0.15, -0.1) is 0 Å². The quantitative estimate of drug-likeness (QED) is 0.613. The molecular formula is C16H26O4Si. The third kappa shape index (κ3) is 4.49. The fraction of sp³-hybridized carbons (Fsp3) is 0.562. The summed E-state index contributed by atoms with van der Waals surface area (Å²) in [4.78, 5) is 11.6. The number of carbonyl (C=O) groups is 1. The summed E-state index contributed by atoms with van der Waals surface area (Å²) < 4.78 is 16.3. The Hall–Kier alpha value is -1.49. The minimum Gasteiger partial charge on any atom is -0.543 e. The van der Waals surface area contributed by atoms with Gasteiger partial charge >= 0.3 is 5.97 Å². The predicted octanol–water partition coefficient (Wildman–Crippen LogP) is 3.79. The fourth-order valence-corrected chi connectivity index (χ4v) is 2.63. The van der Waals surface area contributed by atoms with Crippen molar-refractivity contribution < 1.29 is 18.7 Å². The van der Waals surface area contributed by atoms with E-state index in [1.165, 1.54) is 7.11 Å². The van der Waals surface area contributed by atoms with E-state index in [1.807, 2.05) is 18.2 Å². The van der Waals surface area contributed by atoms with Crippen LogP contribution in [0.3, 0.4) is 0 Å². The molecule has 0 heterocycles. The number of benzene rings is 1. The largest absolute Gasteiger partial charge is 0.543 e. The minimum absolute atomic E-state index is 0.0927. The second-order valence-electron chi connectivity index (χ2n) is 6.59. The number of hydrogen-bond acceptors (Lipinski definition) is 4. The highest BCUT2D eigenvalue weighted by molar-refractivity contribution is 6.74. The molecule has 0 aliphatic rings. The van der Waals surface area contributed by atoms with Crippen LogP contribution in [-0.2, 0) is 16.0 Å². The maximum Gasteiger partial charge on any atom is 0.310 e. The van der Waals surface area contributed by atoms with Crippen LogP contribution >= 0.6 is 0 Å². The van der Waals surface area contributed by atoms with Gasteiger partial charge in [0.1, 0.15) is 11.5 Å². The summed E-state index contributed by atoms with van der Waals surface area (Å²) in [6.07, 6.45) is 0.178. The summed E-state index contributed by atoms with van der Waals surface area (Å²) in [7, 11) is 1.03. The van der Waals surface area contributed by atoms with Gasteiger partial charge in [-0.05, 0) is 36.3 Å². The second-order valence-corrected chi connectivity index (χ2v) is 11.3. The third-order valence-electron chi connectivity index (χ3n) is 4.00. The summed E-state index contributed by atoms with van der Waals surface area (Å²) in [5.41, 5.74) is 0.797. The zero-order valence-electron chi connectivity index (χ0n) is 14.1. The van der Waals surface area contributed by atoms with Gasteiger partial charge in [-0.1, -0.05) is 20.8 Å². The van der Waals surface area contributed by atoms with E-state index < -0.39 is 8.32 Å². The lowest BCUT2D eigenvalue weighted by atomic mass is 10.1. The molecule has 0 saturated heterocycles. The van der Waals surface area contributed by atoms with E-state index in [1.54, 1.807) is 7.11 Å². The topological polar surface area (TPSA) is 44.8 Å². The van der Waals surface area contributed by atoms with Crippen molar-refractivity contribution in [2.24, 2.45) is 0 Å². The molecule has 0 aliphatic carbocycles. The van der Waals surface area contributed by atoms with E-state index in [9.17, 15) is 4.79 Å². The van der Waals surface area contributed by atoms with E-state index >= 15 is 0 Å². The molecule has 0 aromatic heterocycles. The standard InChI is InChI=1S/C16H26O4Si/c1-16(2,3)21(6,7)20-14-9-8-13(18-4)10-12(14)11-15(17)19-5/h8-10H,11H2,1-7H3. The summed E-state index contributed by atoms with van der Waals surface area (Å²) in [6.45, 7) is 10.9. The molecule has 118 valence electrons. The smallest absolute Gasteiger partial charge is 0.310 e. The van der Waals surface area contributed by atoms with Gasteiger partial charge in [0.25, 0.3) is 0 Å². The Kier molecular flexibility index (Phi) is 5.45. The first-order valence-electron chi connectivity index (χ1n) is 7.03. The zero-order valence-corrected chi connectivity index (χ0v) is 15.1. The highest BCUT2D eigenvalue weighted by Crippen LogP contribution is 2.38. The SMILES string of the molecule is COC(=O)Cc1cc(OC)ccc1O[Si](C)(C)C(C)(C)C. The molecule has 1 aromatic rings. The van der Waals surface area contributed by atoms with Crippen LogP contribution in [0.4, 0.5) is 0 Å². The molecule has 0 unspecified atom stereocenters. The van der Waals surface area contributed by atoms with Gasteiger partial charge < -0.3 is 13.9 Å². The third-order valence-corrected chi connectivity index (χ3v) is 8.34. The minimum atomic E-state index is -1.96. The molecule has 0 fully saturated rings. The lowest BCUT2D eigenvalue weighted by Gasteiger charge is -2.37. The molecule has 0 bridgehead atoms. The molecule has 5 heteroatoms. The van der Waals surface area contributed by atoms with Crippen molar-refractivity contribution in [1.29, 1.82) is 0 Å². The van der Waals surface area contributed by atoms with Crippen LogP contribution in [0.5, 0.6) is 11.5 Å². The molecule has 21 heavy (non-hydrogen) atoms. The number of esters is 1. The van der Waals surface area contributed by atoms with E-state index in [0.29, 0.717) is 5.75 Å². The van der Waals surface area contributed by atoms with Crippen LogP contribution in [0.25, 0.3) is 0 Å². The predicted molar refractivity (Wildman–Crippen MR) is 86.5 cm³/mol. The normalized spacial score (nSPS) is 12.0. The van der Waals surface area contributed by atoms with Gasteiger partial charge in [0.05, 0.1) is 20.6 Å². The van der Waals surface area contributed by atoms with Gasteiger partial charge in [0, 0.05) is 5.56 Å². The summed E-state index contributed by atoms with van der Waals surface area (Å²) in [6, 6.07) is 5.56. The average Bonchev–Trinajstić information content (AvgIpc) is 2.39. The first-order valence-corrected chi connectivity index (χ1v) is 9.94. The Morgan fingerprint density at radius 3 is 2.29 bits per heavy atom. The molecule has 0 atom stereocenters. The number of methoxy groups -OCH3 is 2. The van der Waals surface area contributed by atoms with Crippen molar-refractivity contribution >= 4 is 14.3 Å². The molecule has 1 rings (SSSR count). The van der Waals surface area contributed by atoms with Gasteiger partial charge in [-0.3, -0.25) is 4.79 Å². The van der Waals surface area contributed by atoms with Crippen molar-refractivity contribution in [2.45, 2.75) is 45.3 Å². The number of carbonyl (C=O) groups excluding carboxylic acids is 1. The van der Waals surface area contributed by atoms with E-state index in [4.69, 9.17) is 13.9 Å². The maximum absolute atomic E-state index is 11.6. The van der Waals surface area contributed by atoms with Gasteiger partial charge in [-0.2, -0.15) is 0 Å². The van der Waals surface area contributed by atoms with Crippen LogP contribution in [0.1, 0.15) is 26.3 Å².